The van der Waals surface area contributed by atoms with Crippen molar-refractivity contribution >= 4 is 11.7 Å². The highest BCUT2D eigenvalue weighted by molar-refractivity contribution is 5.89. The molecule has 5 heteroatoms. The molecule has 4 nitrogen and oxygen atoms in total. The fraction of sp³-hybridized carbons (Fsp3) is 0.533. The number of carbonyl (C=O) groups is 1. The van der Waals surface area contributed by atoms with E-state index in [1.54, 1.807) is 31.4 Å². The van der Waals surface area contributed by atoms with Gasteiger partial charge in [0.1, 0.15) is 6.67 Å². The second-order valence-corrected chi connectivity index (χ2v) is 5.14. The second-order valence-electron chi connectivity index (χ2n) is 5.14. The Balaban J connectivity index is 1.80. The number of carbonyl (C=O) groups excluding carboxylic acids is 1. The Morgan fingerprint density at radius 3 is 2.75 bits per heavy atom. The highest BCUT2D eigenvalue weighted by Crippen LogP contribution is 2.20. The van der Waals surface area contributed by atoms with Crippen LogP contribution in [-0.2, 0) is 11.4 Å². The van der Waals surface area contributed by atoms with Crippen molar-refractivity contribution < 1.29 is 13.9 Å². The van der Waals surface area contributed by atoms with E-state index in [9.17, 15) is 9.18 Å². The average molecular weight is 280 g/mol. The number of halogens is 1. The summed E-state index contributed by atoms with van der Waals surface area (Å²) in [6.45, 7) is -0.530. The van der Waals surface area contributed by atoms with E-state index in [1.807, 2.05) is 0 Å². The molecule has 110 valence electrons. The molecule has 0 atom stereocenters. The van der Waals surface area contributed by atoms with E-state index in [4.69, 9.17) is 4.74 Å². The van der Waals surface area contributed by atoms with Gasteiger partial charge in [0.05, 0.1) is 6.10 Å². The molecule has 20 heavy (non-hydrogen) atoms. The lowest BCUT2D eigenvalue weighted by Gasteiger charge is -2.28. The molecule has 2 amide bonds. The maximum absolute atomic E-state index is 12.5. The Labute approximate surface area is 118 Å². The summed E-state index contributed by atoms with van der Waals surface area (Å²) < 4.78 is 17.8. The summed E-state index contributed by atoms with van der Waals surface area (Å²) >= 11 is 0. The number of rotatable bonds is 4. The van der Waals surface area contributed by atoms with Crippen molar-refractivity contribution in [2.75, 3.05) is 12.4 Å². The highest BCUT2D eigenvalue weighted by Gasteiger charge is 2.21. The second kappa shape index (κ2) is 7.24. The molecule has 0 aromatic heterocycles. The van der Waals surface area contributed by atoms with Crippen LogP contribution in [0.2, 0.25) is 0 Å². The topological polar surface area (TPSA) is 50.4 Å². The Kier molecular flexibility index (Phi) is 5.35. The number of alkyl halides is 1. The van der Waals surface area contributed by atoms with Crippen LogP contribution in [0.4, 0.5) is 14.9 Å². The standard InChI is InChI=1S/C15H21FN2O2/c1-20-14-7-5-12(6-8-14)17-15(19)18-13-4-2-3-11(9-13)10-16/h2-4,9,12,14H,5-8,10H2,1H3,(H2,17,18,19). The highest BCUT2D eigenvalue weighted by atomic mass is 19.1. The van der Waals surface area contributed by atoms with E-state index < -0.39 is 6.67 Å². The maximum Gasteiger partial charge on any atom is 0.319 e. The zero-order valence-corrected chi connectivity index (χ0v) is 11.7. The molecule has 0 aliphatic heterocycles. The van der Waals surface area contributed by atoms with Crippen LogP contribution in [0.3, 0.4) is 0 Å². The molecule has 2 N–H and O–H groups in total. The van der Waals surface area contributed by atoms with E-state index in [2.05, 4.69) is 10.6 Å². The number of urea groups is 1. The third-order valence-electron chi connectivity index (χ3n) is 3.68. The molecule has 1 aromatic carbocycles. The quantitative estimate of drug-likeness (QED) is 0.889. The van der Waals surface area contributed by atoms with Crippen LogP contribution in [-0.4, -0.2) is 25.3 Å². The van der Waals surface area contributed by atoms with Gasteiger partial charge in [-0.2, -0.15) is 0 Å². The summed E-state index contributed by atoms with van der Waals surface area (Å²) in [5, 5.41) is 5.69. The molecule has 0 bridgehead atoms. The molecular weight excluding hydrogens is 259 g/mol. The molecule has 1 aromatic rings. The van der Waals surface area contributed by atoms with Crippen LogP contribution >= 0.6 is 0 Å². The number of benzene rings is 1. The molecular formula is C15H21FN2O2. The number of hydrogen-bond acceptors (Lipinski definition) is 2. The molecule has 0 heterocycles. The van der Waals surface area contributed by atoms with E-state index in [0.717, 1.165) is 25.7 Å². The molecule has 0 radical (unpaired) electrons. The van der Waals surface area contributed by atoms with Gasteiger partial charge in [-0.1, -0.05) is 12.1 Å². The average Bonchev–Trinajstić information content (AvgIpc) is 2.48. The van der Waals surface area contributed by atoms with Crippen molar-refractivity contribution in [2.45, 2.75) is 44.5 Å². The minimum absolute atomic E-state index is 0.186. The molecule has 0 saturated heterocycles. The predicted octanol–water partition coefficient (Wildman–Crippen LogP) is 3.24. The summed E-state index contributed by atoms with van der Waals surface area (Å²) in [6.07, 6.45) is 4.11. The van der Waals surface area contributed by atoms with E-state index >= 15 is 0 Å². The Bertz CT molecular complexity index is 445. The number of methoxy groups -OCH3 is 1. The summed E-state index contributed by atoms with van der Waals surface area (Å²) in [4.78, 5) is 11.9. The lowest BCUT2D eigenvalue weighted by molar-refractivity contribution is 0.0638. The summed E-state index contributed by atoms with van der Waals surface area (Å²) in [7, 11) is 1.73. The Morgan fingerprint density at radius 1 is 1.35 bits per heavy atom. The maximum atomic E-state index is 12.5. The van der Waals surface area contributed by atoms with Gasteiger partial charge in [0.25, 0.3) is 0 Å². The number of anilines is 1. The molecule has 2 rings (SSSR count). The smallest absolute Gasteiger partial charge is 0.319 e. The zero-order valence-electron chi connectivity index (χ0n) is 11.7. The number of hydrogen-bond donors (Lipinski definition) is 2. The van der Waals surface area contributed by atoms with Crippen molar-refractivity contribution in [3.05, 3.63) is 29.8 Å². The van der Waals surface area contributed by atoms with Crippen LogP contribution < -0.4 is 10.6 Å². The summed E-state index contributed by atoms with van der Waals surface area (Å²) in [6, 6.07) is 6.76. The molecule has 1 aliphatic rings. The van der Waals surface area contributed by atoms with Gasteiger partial charge in [0, 0.05) is 18.8 Å². The van der Waals surface area contributed by atoms with Crippen LogP contribution in [0.5, 0.6) is 0 Å². The van der Waals surface area contributed by atoms with E-state index in [0.29, 0.717) is 17.4 Å². The first kappa shape index (κ1) is 14.8. The van der Waals surface area contributed by atoms with Crippen LogP contribution in [0.1, 0.15) is 31.2 Å². The fourth-order valence-corrected chi connectivity index (χ4v) is 2.53. The fourth-order valence-electron chi connectivity index (χ4n) is 2.53. The molecule has 1 fully saturated rings. The predicted molar refractivity (Wildman–Crippen MR) is 76.5 cm³/mol. The number of ether oxygens (including phenoxy) is 1. The van der Waals surface area contributed by atoms with Gasteiger partial charge in [0.2, 0.25) is 0 Å². The van der Waals surface area contributed by atoms with Crippen LogP contribution in [0.15, 0.2) is 24.3 Å². The van der Waals surface area contributed by atoms with Crippen molar-refractivity contribution in [1.29, 1.82) is 0 Å². The van der Waals surface area contributed by atoms with E-state index in [1.165, 1.54) is 0 Å². The van der Waals surface area contributed by atoms with Gasteiger partial charge in [-0.05, 0) is 43.4 Å². The SMILES string of the molecule is COC1CCC(NC(=O)Nc2cccc(CF)c2)CC1. The molecule has 0 spiro atoms. The van der Waals surface area contributed by atoms with Gasteiger partial charge < -0.3 is 15.4 Å². The monoisotopic (exact) mass is 280 g/mol. The lowest BCUT2D eigenvalue weighted by atomic mass is 9.93. The van der Waals surface area contributed by atoms with Gasteiger partial charge >= 0.3 is 6.03 Å². The number of nitrogens with one attached hydrogen (secondary N) is 2. The third kappa shape index (κ3) is 4.20. The van der Waals surface area contributed by atoms with Gasteiger partial charge in [0.15, 0.2) is 0 Å². The van der Waals surface area contributed by atoms with Gasteiger partial charge in [-0.3, -0.25) is 0 Å². The van der Waals surface area contributed by atoms with Crippen molar-refractivity contribution in [3.8, 4) is 0 Å². The Hall–Kier alpha value is -1.62. The van der Waals surface area contributed by atoms with Gasteiger partial charge in [-0.15, -0.1) is 0 Å². The van der Waals surface area contributed by atoms with Crippen LogP contribution in [0.25, 0.3) is 0 Å². The normalized spacial score (nSPS) is 22.3. The first-order valence-electron chi connectivity index (χ1n) is 6.96. The van der Waals surface area contributed by atoms with Crippen molar-refractivity contribution in [3.63, 3.8) is 0 Å². The van der Waals surface area contributed by atoms with Gasteiger partial charge in [-0.25, -0.2) is 9.18 Å². The Morgan fingerprint density at radius 2 is 2.10 bits per heavy atom. The number of amides is 2. The van der Waals surface area contributed by atoms with E-state index in [-0.39, 0.29) is 12.1 Å². The molecule has 1 saturated carbocycles. The lowest BCUT2D eigenvalue weighted by Crippen LogP contribution is -2.41. The van der Waals surface area contributed by atoms with Crippen molar-refractivity contribution in [1.82, 2.24) is 5.32 Å². The van der Waals surface area contributed by atoms with Crippen molar-refractivity contribution in [2.24, 2.45) is 0 Å². The summed E-state index contributed by atoms with van der Waals surface area (Å²) in [5.41, 5.74) is 1.17. The summed E-state index contributed by atoms with van der Waals surface area (Å²) in [5.74, 6) is 0. The third-order valence-corrected chi connectivity index (χ3v) is 3.68. The first-order chi connectivity index (χ1) is 9.71. The molecule has 1 aliphatic carbocycles. The molecule has 0 unspecified atom stereocenters. The minimum Gasteiger partial charge on any atom is -0.381 e. The zero-order chi connectivity index (χ0) is 14.4. The first-order valence-corrected chi connectivity index (χ1v) is 6.96. The van der Waals surface area contributed by atoms with Crippen LogP contribution in [0, 0.1) is 0 Å². The largest absolute Gasteiger partial charge is 0.381 e. The minimum atomic E-state index is -0.530.